The Morgan fingerprint density at radius 2 is 1.72 bits per heavy atom. The molecule has 16 heteroatoms. The lowest BCUT2D eigenvalue weighted by molar-refractivity contribution is -0.126. The zero-order valence-electron chi connectivity index (χ0n) is 33.1. The number of nitrogens with one attached hydrogen (secondary N) is 5. The number of halogens is 1. The lowest BCUT2D eigenvalue weighted by atomic mass is 9.94. The van der Waals surface area contributed by atoms with E-state index in [4.69, 9.17) is 21.1 Å². The smallest absolute Gasteiger partial charge is 0.315 e. The van der Waals surface area contributed by atoms with Crippen molar-refractivity contribution < 1.29 is 33.8 Å². The van der Waals surface area contributed by atoms with Crippen molar-refractivity contribution in [3.8, 4) is 5.75 Å². The maximum atomic E-state index is 12.9. The van der Waals surface area contributed by atoms with Gasteiger partial charge in [-0.3, -0.25) is 19.4 Å². The number of thioether (sulfide) groups is 1. The van der Waals surface area contributed by atoms with Gasteiger partial charge in [0.15, 0.2) is 0 Å². The van der Waals surface area contributed by atoms with E-state index >= 15 is 0 Å². The van der Waals surface area contributed by atoms with Gasteiger partial charge < -0.3 is 46.1 Å². The van der Waals surface area contributed by atoms with E-state index in [0.717, 1.165) is 62.2 Å². The van der Waals surface area contributed by atoms with Crippen LogP contribution in [0.25, 0.3) is 10.9 Å². The summed E-state index contributed by atoms with van der Waals surface area (Å²) in [6.07, 6.45) is 7.35. The quantitative estimate of drug-likeness (QED) is 0.0644. The average Bonchev–Trinajstić information content (AvgIpc) is 3.79. The highest BCUT2D eigenvalue weighted by Gasteiger charge is 2.42. The number of hydrogen-bond acceptors (Lipinski definition) is 10. The molecule has 4 unspecified atom stereocenters. The van der Waals surface area contributed by atoms with Crippen LogP contribution in [0.1, 0.15) is 75.5 Å². The van der Waals surface area contributed by atoms with Gasteiger partial charge in [0.1, 0.15) is 11.3 Å². The number of aromatic nitrogens is 1. The molecule has 0 saturated carbocycles. The Balaban J connectivity index is 0.827. The summed E-state index contributed by atoms with van der Waals surface area (Å²) in [4.78, 5) is 56.0. The number of piperidine rings is 1. The van der Waals surface area contributed by atoms with Gasteiger partial charge in [-0.2, -0.15) is 11.8 Å². The number of rotatable bonds is 21. The first kappa shape index (κ1) is 43.3. The predicted molar refractivity (Wildman–Crippen MR) is 226 cm³/mol. The number of carbonyl (C=O) groups excluding carboxylic acids is 4. The van der Waals surface area contributed by atoms with Gasteiger partial charge >= 0.3 is 6.03 Å². The molecular formula is C42H56ClN7O7S. The van der Waals surface area contributed by atoms with Crippen molar-refractivity contribution in [1.29, 1.82) is 0 Å². The number of hydrogen-bond donors (Lipinski definition) is 6. The number of ether oxygens (including phenoxy) is 2. The van der Waals surface area contributed by atoms with Gasteiger partial charge in [0, 0.05) is 78.8 Å². The zero-order valence-corrected chi connectivity index (χ0v) is 34.7. The van der Waals surface area contributed by atoms with Gasteiger partial charge in [0.2, 0.25) is 17.7 Å². The number of unbranched alkanes of at least 4 members (excludes halogenated alkanes) is 1. The summed E-state index contributed by atoms with van der Waals surface area (Å²) in [7, 11) is 0. The fourth-order valence-corrected chi connectivity index (χ4v) is 9.66. The maximum absolute atomic E-state index is 12.9. The van der Waals surface area contributed by atoms with E-state index in [1.165, 1.54) is 0 Å². The summed E-state index contributed by atoms with van der Waals surface area (Å²) in [5.74, 6) is 0.782. The third kappa shape index (κ3) is 11.7. The van der Waals surface area contributed by atoms with E-state index < -0.39 is 6.04 Å². The molecule has 314 valence electrons. The fourth-order valence-electron chi connectivity index (χ4n) is 7.84. The second-order valence-corrected chi connectivity index (χ2v) is 16.7. The normalized spacial score (nSPS) is 19.7. The maximum Gasteiger partial charge on any atom is 0.315 e. The molecule has 3 fully saturated rings. The number of amides is 5. The van der Waals surface area contributed by atoms with E-state index in [0.29, 0.717) is 85.5 Å². The van der Waals surface area contributed by atoms with Crippen molar-refractivity contribution in [3.63, 3.8) is 0 Å². The molecule has 2 aromatic carbocycles. The minimum atomic E-state index is -0.623. The van der Waals surface area contributed by atoms with E-state index in [-0.39, 0.29) is 47.5 Å². The van der Waals surface area contributed by atoms with Gasteiger partial charge in [-0.1, -0.05) is 37.1 Å². The highest BCUT2D eigenvalue weighted by molar-refractivity contribution is 8.00. The molecule has 6 N–H and O–H groups in total. The highest BCUT2D eigenvalue weighted by atomic mass is 35.5. The summed E-state index contributed by atoms with van der Waals surface area (Å²) in [6.45, 7) is 5.88. The van der Waals surface area contributed by atoms with Gasteiger partial charge in [-0.25, -0.2) is 4.79 Å². The van der Waals surface area contributed by atoms with Crippen LogP contribution in [0.15, 0.2) is 48.7 Å². The van der Waals surface area contributed by atoms with Gasteiger partial charge in [-0.05, 0) is 68.0 Å². The molecule has 0 aliphatic carbocycles. The number of phenols is 1. The third-order valence-corrected chi connectivity index (χ3v) is 12.8. The molecule has 0 spiro atoms. The van der Waals surface area contributed by atoms with Crippen molar-refractivity contribution in [1.82, 2.24) is 31.6 Å². The zero-order chi connectivity index (χ0) is 40.9. The number of anilines is 1. The molecule has 4 heterocycles. The fraction of sp³-hybridized carbons (Fsp3) is 0.548. The molecule has 0 radical (unpaired) electrons. The van der Waals surface area contributed by atoms with Crippen molar-refractivity contribution in [2.24, 2.45) is 5.92 Å². The molecule has 3 aliphatic rings. The Morgan fingerprint density at radius 1 is 0.983 bits per heavy atom. The van der Waals surface area contributed by atoms with Crippen molar-refractivity contribution in [3.05, 3.63) is 64.8 Å². The second-order valence-electron chi connectivity index (χ2n) is 15.0. The first-order chi connectivity index (χ1) is 28.2. The molecule has 3 aromatic rings. The molecule has 0 bridgehead atoms. The van der Waals surface area contributed by atoms with E-state index in [1.807, 2.05) is 43.0 Å². The Morgan fingerprint density at radius 3 is 2.47 bits per heavy atom. The van der Waals surface area contributed by atoms with Crippen LogP contribution in [-0.2, 0) is 23.9 Å². The van der Waals surface area contributed by atoms with E-state index in [1.54, 1.807) is 24.4 Å². The van der Waals surface area contributed by atoms with Crippen molar-refractivity contribution in [2.75, 3.05) is 63.3 Å². The largest absolute Gasteiger partial charge is 0.505 e. The number of fused-ring (bicyclic) bond motifs is 2. The number of urea groups is 1. The first-order valence-electron chi connectivity index (χ1n) is 20.5. The van der Waals surface area contributed by atoms with Crippen LogP contribution in [0.4, 0.5) is 10.5 Å². The van der Waals surface area contributed by atoms with E-state index in [9.17, 15) is 24.3 Å². The standard InChI is InChI=1S/C42H56ClN7O7S/c1-2-6-36(52)48-37(31-25-32(43)30-7-5-16-45-38(30)40(31)53)27-10-12-29(13-11-27)50-19-14-28(15-20-50)41(54)46-18-22-57-24-23-56-21-17-44-35(51)9-4-3-8-34-39-33(26-58-34)47-42(55)49-39/h5,7,10-13,16,25,28,33-34,37,39,53H,2-4,6,8-9,14-15,17-24,26H2,1H3,(H,44,51)(H,46,54)(H,48,52)(H2,47,49,55). The number of phenolic OH excluding ortho intramolecular Hbond substituents is 1. The Kier molecular flexibility index (Phi) is 16.1. The number of pyridine rings is 1. The van der Waals surface area contributed by atoms with Gasteiger partial charge in [0.25, 0.3) is 0 Å². The summed E-state index contributed by atoms with van der Waals surface area (Å²) < 4.78 is 11.2. The topological polar surface area (TPSA) is 183 Å². The van der Waals surface area contributed by atoms with Gasteiger partial charge in [0.05, 0.1) is 49.6 Å². The number of nitrogens with zero attached hydrogens (tertiary/aromatic N) is 2. The van der Waals surface area contributed by atoms with Crippen LogP contribution < -0.4 is 31.5 Å². The van der Waals surface area contributed by atoms with Crippen LogP contribution in [0.2, 0.25) is 5.02 Å². The summed E-state index contributed by atoms with van der Waals surface area (Å²) in [5.41, 5.74) is 2.68. The lowest BCUT2D eigenvalue weighted by Gasteiger charge is -2.33. The molecule has 5 amide bonds. The molecule has 1 aromatic heterocycles. The van der Waals surface area contributed by atoms with Gasteiger partial charge in [-0.15, -0.1) is 0 Å². The minimum Gasteiger partial charge on any atom is -0.505 e. The van der Waals surface area contributed by atoms with E-state index in [2.05, 4.69) is 36.5 Å². The lowest BCUT2D eigenvalue weighted by Crippen LogP contribution is -2.41. The Bertz CT molecular complexity index is 1860. The molecule has 3 aliphatic heterocycles. The number of carbonyl (C=O) groups is 4. The summed E-state index contributed by atoms with van der Waals surface area (Å²) in [6, 6.07) is 12.9. The Hall–Kier alpha value is -4.31. The number of benzene rings is 2. The molecule has 3 saturated heterocycles. The summed E-state index contributed by atoms with van der Waals surface area (Å²) in [5, 5.41) is 27.7. The van der Waals surface area contributed by atoms with Crippen LogP contribution in [0.5, 0.6) is 5.75 Å². The van der Waals surface area contributed by atoms with Crippen LogP contribution in [0.3, 0.4) is 0 Å². The molecule has 14 nitrogen and oxygen atoms in total. The molecular weight excluding hydrogens is 782 g/mol. The summed E-state index contributed by atoms with van der Waals surface area (Å²) >= 11 is 8.50. The van der Waals surface area contributed by atoms with Crippen molar-refractivity contribution >= 4 is 63.7 Å². The van der Waals surface area contributed by atoms with Crippen LogP contribution in [0, 0.1) is 5.92 Å². The average molecular weight is 838 g/mol. The second kappa shape index (κ2) is 21.6. The third-order valence-electron chi connectivity index (χ3n) is 11.0. The van der Waals surface area contributed by atoms with Crippen LogP contribution in [-0.4, -0.2) is 110 Å². The first-order valence-corrected chi connectivity index (χ1v) is 21.9. The van der Waals surface area contributed by atoms with Crippen molar-refractivity contribution in [2.45, 2.75) is 81.7 Å². The molecule has 6 rings (SSSR count). The number of aromatic hydroxyl groups is 1. The minimum absolute atomic E-state index is 0.0162. The molecule has 4 atom stereocenters. The molecule has 58 heavy (non-hydrogen) atoms. The van der Waals surface area contributed by atoms with Crippen LogP contribution >= 0.6 is 23.4 Å². The SMILES string of the molecule is CCCC(=O)NC(c1ccc(N2CCC(C(=O)NCCOCCOCCNC(=O)CCCCC3SCC4NC(=O)NC43)CC2)cc1)c1cc(Cl)c2cccnc2c1O. The monoisotopic (exact) mass is 837 g/mol. The Labute approximate surface area is 349 Å². The highest BCUT2D eigenvalue weighted by Crippen LogP contribution is 2.39. The predicted octanol–water partition coefficient (Wildman–Crippen LogP) is 4.81.